The van der Waals surface area contributed by atoms with Gasteiger partial charge in [0, 0.05) is 0 Å². The summed E-state index contributed by atoms with van der Waals surface area (Å²) in [6.45, 7) is 0. The predicted molar refractivity (Wildman–Crippen MR) is 56.2 cm³/mol. The fourth-order valence-corrected chi connectivity index (χ4v) is 0.664. The van der Waals surface area contributed by atoms with Gasteiger partial charge in [-0.15, -0.1) is 0 Å². The average Bonchev–Trinajstić information content (AvgIpc) is 2.48. The maximum absolute atomic E-state index is 12.0. The summed E-state index contributed by atoms with van der Waals surface area (Å²) in [4.78, 5) is 19.6. The van der Waals surface area contributed by atoms with E-state index in [0.29, 0.717) is 0 Å². The predicted octanol–water partition coefficient (Wildman–Crippen LogP) is 1.47. The Morgan fingerprint density at radius 3 is 0.926 bits per heavy atom. The van der Waals surface area contributed by atoms with Gasteiger partial charge in [-0.2, -0.15) is 26.3 Å². The van der Waals surface area contributed by atoms with Crippen LogP contribution in [-0.2, 0) is 9.59 Å². The molecule has 0 radical (unpaired) electrons. The van der Waals surface area contributed by atoms with Crippen LogP contribution < -0.4 is 10.2 Å². The second-order valence-electron chi connectivity index (χ2n) is 3.61. The van der Waals surface area contributed by atoms with Crippen LogP contribution in [0.25, 0.3) is 0 Å². The van der Waals surface area contributed by atoms with Crippen LogP contribution in [0.3, 0.4) is 0 Å². The van der Waals surface area contributed by atoms with Crippen molar-refractivity contribution in [2.45, 2.75) is 25.2 Å². The van der Waals surface area contributed by atoms with E-state index in [1.807, 2.05) is 0 Å². The second-order valence-corrected chi connectivity index (χ2v) is 3.61. The molecule has 0 aliphatic heterocycles. The number of carbonyl (C=O) groups excluding carboxylic acids is 2. The van der Waals surface area contributed by atoms with E-state index in [1.165, 1.54) is 0 Å². The normalized spacial score (nSPS) is 13.9. The molecule has 0 unspecified atom stereocenters. The van der Waals surface area contributed by atoms with E-state index in [9.17, 15) is 72.5 Å². The summed E-state index contributed by atoms with van der Waals surface area (Å²) < 4.78 is 137. The van der Waals surface area contributed by atoms with Crippen LogP contribution in [0.1, 0.15) is 0 Å². The molecule has 152 valence electrons. The Balaban J connectivity index is -0.000000411. The van der Waals surface area contributed by atoms with Gasteiger partial charge in [0.05, 0.1) is 0 Å². The van der Waals surface area contributed by atoms with E-state index in [1.54, 1.807) is 0 Å². The SMILES string of the molecule is O=C(/C(F)=C(\[O-])C(F)F)C(F)(F)F.O=C(/C(F)=C(\[O-])C(F)F)C(F)(F)F.[Ba+2]. The summed E-state index contributed by atoms with van der Waals surface area (Å²) in [6, 6.07) is 0. The molecule has 27 heavy (non-hydrogen) atoms. The quantitative estimate of drug-likeness (QED) is 0.230. The van der Waals surface area contributed by atoms with Gasteiger partial charge in [-0.05, 0) is 11.5 Å². The number of hydrogen-bond donors (Lipinski definition) is 0. The maximum Gasteiger partial charge on any atom is 2.00 e. The molecule has 17 heteroatoms. The minimum atomic E-state index is -5.66. The van der Waals surface area contributed by atoms with Gasteiger partial charge in [-0.3, -0.25) is 9.59 Å². The molecule has 0 atom stereocenters. The number of carbonyl (C=O) groups is 2. The van der Waals surface area contributed by atoms with Gasteiger partial charge in [0.25, 0.3) is 24.4 Å². The largest absolute Gasteiger partial charge is 2.00 e. The average molecular weight is 551 g/mol. The molecule has 0 N–H and O–H groups in total. The molecular weight excluding hydrogens is 549 g/mol. The van der Waals surface area contributed by atoms with Crippen LogP contribution in [0.4, 0.5) is 52.7 Å². The summed E-state index contributed by atoms with van der Waals surface area (Å²) in [6.07, 6.45) is -19.2. The van der Waals surface area contributed by atoms with Crippen molar-refractivity contribution in [1.29, 1.82) is 0 Å². The number of ketones is 2. The number of allylic oxidation sites excluding steroid dienone is 4. The first-order valence-corrected chi connectivity index (χ1v) is 5.28. The molecule has 0 rings (SSSR count). The van der Waals surface area contributed by atoms with E-state index < -0.39 is 59.9 Å². The molecule has 0 aliphatic carbocycles. The summed E-state index contributed by atoms with van der Waals surface area (Å²) in [5, 5.41) is 19.7. The number of halogens is 12. The Bertz CT molecular complexity index is 538. The molecule has 0 aliphatic rings. The summed E-state index contributed by atoms with van der Waals surface area (Å²) in [7, 11) is 0. The van der Waals surface area contributed by atoms with Gasteiger partial charge in [0.1, 0.15) is 0 Å². The minimum Gasteiger partial charge on any atom is -0.870 e. The number of Topliss-reactive ketones (excluding diaryl/α,β-unsaturated/α-hetero) is 2. The van der Waals surface area contributed by atoms with Crippen molar-refractivity contribution in [3.63, 3.8) is 0 Å². The van der Waals surface area contributed by atoms with Crippen LogP contribution in [0, 0.1) is 0 Å². The molecule has 0 fully saturated rings. The zero-order chi connectivity index (χ0) is 21.6. The van der Waals surface area contributed by atoms with E-state index >= 15 is 0 Å². The standard InChI is InChI=1S/2C5H2F6O2.Ba/c2*6-1(2(12)4(7)8)3(13)5(9,10)11;/h2*4,12H;/q;;+2/p-2/b2*2-1+;. The second kappa shape index (κ2) is 11.9. The van der Waals surface area contributed by atoms with Crippen LogP contribution in [0.15, 0.2) is 23.2 Å². The third kappa shape index (κ3) is 10.9. The van der Waals surface area contributed by atoms with Crippen molar-refractivity contribution in [1.82, 2.24) is 0 Å². The molecule has 4 nitrogen and oxygen atoms in total. The molecule has 0 aromatic carbocycles. The molecular formula is C10H2BaF12O4. The van der Waals surface area contributed by atoms with E-state index in [4.69, 9.17) is 0 Å². The van der Waals surface area contributed by atoms with Crippen molar-refractivity contribution in [2.24, 2.45) is 0 Å². The fraction of sp³-hybridized carbons (Fsp3) is 0.400. The van der Waals surface area contributed by atoms with Gasteiger partial charge in [-0.25, -0.2) is 26.3 Å². The minimum absolute atomic E-state index is 0. The monoisotopic (exact) mass is 552 g/mol. The first-order valence-electron chi connectivity index (χ1n) is 5.28. The molecule has 0 spiro atoms. The smallest absolute Gasteiger partial charge is 0.870 e. The van der Waals surface area contributed by atoms with Gasteiger partial charge < -0.3 is 10.2 Å². The fourth-order valence-electron chi connectivity index (χ4n) is 0.664. The Kier molecular flexibility index (Phi) is 13.6. The summed E-state index contributed by atoms with van der Waals surface area (Å²) >= 11 is 0. The maximum atomic E-state index is 12.0. The molecule has 0 aromatic rings. The topological polar surface area (TPSA) is 80.3 Å². The van der Waals surface area contributed by atoms with Gasteiger partial charge in [0.2, 0.25) is 0 Å². The van der Waals surface area contributed by atoms with Crippen LogP contribution in [0.5, 0.6) is 0 Å². The molecule has 0 bridgehead atoms. The Morgan fingerprint density at radius 1 is 0.630 bits per heavy atom. The Hall–Kier alpha value is -0.849. The first-order chi connectivity index (χ1) is 11.4. The van der Waals surface area contributed by atoms with Crippen LogP contribution >= 0.6 is 0 Å². The van der Waals surface area contributed by atoms with Crippen molar-refractivity contribution in [3.05, 3.63) is 23.2 Å². The van der Waals surface area contributed by atoms with Crippen molar-refractivity contribution in [2.75, 3.05) is 0 Å². The van der Waals surface area contributed by atoms with Gasteiger partial charge in [-0.1, -0.05) is 0 Å². The Labute approximate surface area is 180 Å². The molecule has 0 heterocycles. The number of rotatable bonds is 4. The first kappa shape index (κ1) is 30.9. The molecule has 0 saturated carbocycles. The summed E-state index contributed by atoms with van der Waals surface area (Å²) in [5.41, 5.74) is 0. The third-order valence-corrected chi connectivity index (χ3v) is 1.74. The van der Waals surface area contributed by atoms with Gasteiger partial charge >= 0.3 is 61.2 Å². The zero-order valence-electron chi connectivity index (χ0n) is 12.0. The van der Waals surface area contributed by atoms with E-state index in [-0.39, 0.29) is 48.9 Å². The third-order valence-electron chi connectivity index (χ3n) is 1.74. The number of alkyl halides is 10. The number of hydrogen-bond acceptors (Lipinski definition) is 4. The van der Waals surface area contributed by atoms with Crippen LogP contribution in [0.2, 0.25) is 0 Å². The van der Waals surface area contributed by atoms with Gasteiger partial charge in [0.15, 0.2) is 11.7 Å². The molecule has 0 amide bonds. The van der Waals surface area contributed by atoms with E-state index in [2.05, 4.69) is 0 Å². The van der Waals surface area contributed by atoms with E-state index in [0.717, 1.165) is 0 Å². The summed E-state index contributed by atoms with van der Waals surface area (Å²) in [5.74, 6) is -17.9. The van der Waals surface area contributed by atoms with Crippen molar-refractivity contribution in [3.8, 4) is 0 Å². The zero-order valence-corrected chi connectivity index (χ0v) is 16.5. The van der Waals surface area contributed by atoms with Crippen molar-refractivity contribution >= 4 is 60.4 Å². The van der Waals surface area contributed by atoms with Crippen LogP contribution in [-0.4, -0.2) is 85.7 Å². The molecule has 0 saturated heterocycles. The Morgan fingerprint density at radius 2 is 0.815 bits per heavy atom. The van der Waals surface area contributed by atoms with Crippen molar-refractivity contribution < 1.29 is 72.5 Å². The molecule has 0 aromatic heterocycles.